The number of halogens is 2. The van der Waals surface area contributed by atoms with Crippen LogP contribution in [0.4, 0.5) is 10.1 Å². The van der Waals surface area contributed by atoms with Gasteiger partial charge in [-0.3, -0.25) is 4.79 Å². The first-order chi connectivity index (χ1) is 9.44. The molecule has 2 rings (SSSR count). The Morgan fingerprint density at radius 2 is 1.80 bits per heavy atom. The van der Waals surface area contributed by atoms with Gasteiger partial charge in [0.05, 0.1) is 6.42 Å². The van der Waals surface area contributed by atoms with E-state index in [2.05, 4.69) is 5.32 Å². The minimum Gasteiger partial charge on any atom is -0.326 e. The Hall–Kier alpha value is -1.87. The molecule has 2 aromatic rings. The van der Waals surface area contributed by atoms with Gasteiger partial charge in [-0.1, -0.05) is 23.7 Å². The van der Waals surface area contributed by atoms with Gasteiger partial charge in [-0.05, 0) is 54.8 Å². The number of anilines is 1. The van der Waals surface area contributed by atoms with Crippen LogP contribution in [0, 0.1) is 19.7 Å². The van der Waals surface area contributed by atoms with Gasteiger partial charge in [0, 0.05) is 10.7 Å². The Morgan fingerprint density at radius 3 is 2.40 bits per heavy atom. The molecule has 0 heterocycles. The third-order valence-electron chi connectivity index (χ3n) is 2.87. The van der Waals surface area contributed by atoms with Crippen LogP contribution in [0.2, 0.25) is 5.02 Å². The van der Waals surface area contributed by atoms with Crippen molar-refractivity contribution in [1.82, 2.24) is 0 Å². The summed E-state index contributed by atoms with van der Waals surface area (Å²) in [5, 5.41) is 3.10. The van der Waals surface area contributed by atoms with Gasteiger partial charge in [0.2, 0.25) is 5.91 Å². The second-order valence-corrected chi connectivity index (χ2v) is 5.27. The molecule has 0 aliphatic rings. The van der Waals surface area contributed by atoms with Gasteiger partial charge in [0.1, 0.15) is 5.82 Å². The van der Waals surface area contributed by atoms with Gasteiger partial charge in [0.25, 0.3) is 0 Å². The molecule has 0 fully saturated rings. The molecular weight excluding hydrogens is 277 g/mol. The SMILES string of the molecule is Cc1cc(C)cc(NC(=O)Cc2ccc(Cl)cc2F)c1. The summed E-state index contributed by atoms with van der Waals surface area (Å²) in [5.74, 6) is -0.718. The zero-order chi connectivity index (χ0) is 14.7. The Labute approximate surface area is 122 Å². The molecule has 4 heteroatoms. The average Bonchev–Trinajstić information content (AvgIpc) is 2.31. The van der Waals surface area contributed by atoms with Gasteiger partial charge in [0.15, 0.2) is 0 Å². The normalized spacial score (nSPS) is 10.4. The Morgan fingerprint density at radius 1 is 1.15 bits per heavy atom. The standard InChI is InChI=1S/C16H15ClFNO/c1-10-5-11(2)7-14(6-10)19-16(20)8-12-3-4-13(17)9-15(12)18/h3-7,9H,8H2,1-2H3,(H,19,20). The van der Waals surface area contributed by atoms with Gasteiger partial charge in [-0.2, -0.15) is 0 Å². The second-order valence-electron chi connectivity index (χ2n) is 4.84. The zero-order valence-electron chi connectivity index (χ0n) is 11.3. The highest BCUT2D eigenvalue weighted by Crippen LogP contribution is 2.17. The third-order valence-corrected chi connectivity index (χ3v) is 3.11. The quantitative estimate of drug-likeness (QED) is 0.898. The molecule has 104 valence electrons. The molecule has 0 aliphatic carbocycles. The molecular formula is C16H15ClFNO. The lowest BCUT2D eigenvalue weighted by Gasteiger charge is -2.08. The van der Waals surface area contributed by atoms with Crippen LogP contribution >= 0.6 is 11.6 Å². The van der Waals surface area contributed by atoms with Gasteiger partial charge >= 0.3 is 0 Å². The largest absolute Gasteiger partial charge is 0.326 e. The van der Waals surface area contributed by atoms with Crippen LogP contribution in [-0.2, 0) is 11.2 Å². The lowest BCUT2D eigenvalue weighted by molar-refractivity contribution is -0.115. The van der Waals surface area contributed by atoms with E-state index in [4.69, 9.17) is 11.6 Å². The van der Waals surface area contributed by atoms with Crippen molar-refractivity contribution in [3.63, 3.8) is 0 Å². The monoisotopic (exact) mass is 291 g/mol. The molecule has 20 heavy (non-hydrogen) atoms. The maximum absolute atomic E-state index is 13.6. The van der Waals surface area contributed by atoms with E-state index in [0.717, 1.165) is 16.8 Å². The first-order valence-electron chi connectivity index (χ1n) is 6.26. The molecule has 0 saturated carbocycles. The molecule has 2 aromatic carbocycles. The van der Waals surface area contributed by atoms with E-state index in [1.807, 2.05) is 32.0 Å². The molecule has 0 aromatic heterocycles. The summed E-state index contributed by atoms with van der Waals surface area (Å²) in [6.07, 6.45) is -0.0179. The smallest absolute Gasteiger partial charge is 0.228 e. The van der Waals surface area contributed by atoms with E-state index in [0.29, 0.717) is 10.6 Å². The topological polar surface area (TPSA) is 29.1 Å². The molecule has 2 nitrogen and oxygen atoms in total. The predicted molar refractivity (Wildman–Crippen MR) is 79.7 cm³/mol. The number of benzene rings is 2. The Bertz CT molecular complexity index is 635. The Balaban J connectivity index is 2.09. The van der Waals surface area contributed by atoms with E-state index in [1.54, 1.807) is 6.07 Å². The molecule has 0 bridgehead atoms. The fourth-order valence-electron chi connectivity index (χ4n) is 2.09. The van der Waals surface area contributed by atoms with E-state index in [-0.39, 0.29) is 12.3 Å². The lowest BCUT2D eigenvalue weighted by atomic mass is 10.1. The molecule has 0 saturated heterocycles. The van der Waals surface area contributed by atoms with E-state index in [1.165, 1.54) is 12.1 Å². The van der Waals surface area contributed by atoms with Gasteiger partial charge in [-0.25, -0.2) is 4.39 Å². The molecule has 0 aliphatic heterocycles. The van der Waals surface area contributed by atoms with Crippen LogP contribution in [-0.4, -0.2) is 5.91 Å². The maximum Gasteiger partial charge on any atom is 0.228 e. The van der Waals surface area contributed by atoms with Crippen LogP contribution in [0.15, 0.2) is 36.4 Å². The highest BCUT2D eigenvalue weighted by atomic mass is 35.5. The molecule has 1 N–H and O–H groups in total. The van der Waals surface area contributed by atoms with Gasteiger partial charge in [-0.15, -0.1) is 0 Å². The number of amides is 1. The van der Waals surface area contributed by atoms with Crippen molar-refractivity contribution in [3.8, 4) is 0 Å². The number of aryl methyl sites for hydroxylation is 2. The van der Waals surface area contributed by atoms with Crippen LogP contribution in [0.25, 0.3) is 0 Å². The fraction of sp³-hybridized carbons (Fsp3) is 0.188. The van der Waals surface area contributed by atoms with Crippen LogP contribution < -0.4 is 5.32 Å². The number of nitrogens with one attached hydrogen (secondary N) is 1. The van der Waals surface area contributed by atoms with Crippen molar-refractivity contribution in [2.24, 2.45) is 0 Å². The Kier molecular flexibility index (Phi) is 4.40. The minimum absolute atomic E-state index is 0.0179. The highest BCUT2D eigenvalue weighted by Gasteiger charge is 2.09. The minimum atomic E-state index is -0.465. The summed E-state index contributed by atoms with van der Waals surface area (Å²) in [6, 6.07) is 10.1. The van der Waals surface area contributed by atoms with Crippen molar-refractivity contribution in [1.29, 1.82) is 0 Å². The highest BCUT2D eigenvalue weighted by molar-refractivity contribution is 6.30. The van der Waals surface area contributed by atoms with Crippen molar-refractivity contribution in [2.45, 2.75) is 20.3 Å². The molecule has 0 radical (unpaired) electrons. The summed E-state index contributed by atoms with van der Waals surface area (Å²) in [5.41, 5.74) is 3.19. The van der Waals surface area contributed by atoms with Crippen molar-refractivity contribution < 1.29 is 9.18 Å². The summed E-state index contributed by atoms with van der Waals surface area (Å²) < 4.78 is 13.6. The number of rotatable bonds is 3. The molecule has 0 atom stereocenters. The second kappa shape index (κ2) is 6.06. The lowest BCUT2D eigenvalue weighted by Crippen LogP contribution is -2.15. The third kappa shape index (κ3) is 3.81. The number of carbonyl (C=O) groups excluding carboxylic acids is 1. The van der Waals surface area contributed by atoms with Crippen LogP contribution in [0.1, 0.15) is 16.7 Å². The predicted octanol–water partition coefficient (Wildman–Crippen LogP) is 4.28. The number of carbonyl (C=O) groups is 1. The summed E-state index contributed by atoms with van der Waals surface area (Å²) >= 11 is 5.68. The van der Waals surface area contributed by atoms with Crippen molar-refractivity contribution in [3.05, 3.63) is 63.9 Å². The first kappa shape index (κ1) is 14.5. The van der Waals surface area contributed by atoms with Gasteiger partial charge < -0.3 is 5.32 Å². The summed E-state index contributed by atoms with van der Waals surface area (Å²) in [6.45, 7) is 3.92. The average molecular weight is 292 g/mol. The zero-order valence-corrected chi connectivity index (χ0v) is 12.1. The van der Waals surface area contributed by atoms with Crippen molar-refractivity contribution >= 4 is 23.2 Å². The summed E-state index contributed by atoms with van der Waals surface area (Å²) in [4.78, 5) is 11.9. The summed E-state index contributed by atoms with van der Waals surface area (Å²) in [7, 11) is 0. The van der Waals surface area contributed by atoms with E-state index >= 15 is 0 Å². The fourth-order valence-corrected chi connectivity index (χ4v) is 2.25. The van der Waals surface area contributed by atoms with E-state index in [9.17, 15) is 9.18 Å². The van der Waals surface area contributed by atoms with E-state index < -0.39 is 5.82 Å². The number of hydrogen-bond acceptors (Lipinski definition) is 1. The van der Waals surface area contributed by atoms with Crippen LogP contribution in [0.5, 0.6) is 0 Å². The number of hydrogen-bond donors (Lipinski definition) is 1. The first-order valence-corrected chi connectivity index (χ1v) is 6.64. The molecule has 0 spiro atoms. The molecule has 1 amide bonds. The molecule has 0 unspecified atom stereocenters. The van der Waals surface area contributed by atoms with Crippen LogP contribution in [0.3, 0.4) is 0 Å². The maximum atomic E-state index is 13.6. The van der Waals surface area contributed by atoms with Crippen molar-refractivity contribution in [2.75, 3.05) is 5.32 Å².